The topological polar surface area (TPSA) is 56.1 Å². The molecule has 1 atom stereocenters. The van der Waals surface area contributed by atoms with Crippen LogP contribution in [0.15, 0.2) is 6.20 Å². The number of aromatic nitrogens is 2. The van der Waals surface area contributed by atoms with Gasteiger partial charge in [-0.05, 0) is 27.7 Å². The number of carbonyl (C=O) groups excluding carboxylic acids is 1. The van der Waals surface area contributed by atoms with Crippen LogP contribution >= 0.6 is 0 Å². The summed E-state index contributed by atoms with van der Waals surface area (Å²) in [7, 11) is 3.41. The van der Waals surface area contributed by atoms with Gasteiger partial charge in [0.05, 0.1) is 12.2 Å². The van der Waals surface area contributed by atoms with Crippen molar-refractivity contribution >= 4 is 5.91 Å². The summed E-state index contributed by atoms with van der Waals surface area (Å²) in [6, 6.07) is -0.0781. The maximum Gasteiger partial charge on any atom is 0.252 e. The van der Waals surface area contributed by atoms with Gasteiger partial charge in [0.15, 0.2) is 0 Å². The van der Waals surface area contributed by atoms with Crippen molar-refractivity contribution in [1.29, 1.82) is 0 Å². The zero-order valence-corrected chi connectivity index (χ0v) is 11.4. The van der Waals surface area contributed by atoms with Gasteiger partial charge in [0.25, 0.3) is 5.91 Å². The summed E-state index contributed by atoms with van der Waals surface area (Å²) in [5.74, 6) is -0.129. The molecule has 0 saturated heterocycles. The molecule has 0 aliphatic rings. The molecule has 1 amide bonds. The van der Waals surface area contributed by atoms with Crippen molar-refractivity contribution in [2.75, 3.05) is 7.11 Å². The van der Waals surface area contributed by atoms with E-state index in [4.69, 9.17) is 4.74 Å². The van der Waals surface area contributed by atoms with Gasteiger partial charge in [-0.25, -0.2) is 0 Å². The van der Waals surface area contributed by atoms with Crippen LogP contribution in [0.5, 0.6) is 0 Å². The minimum Gasteiger partial charge on any atom is -0.369 e. The van der Waals surface area contributed by atoms with Crippen LogP contribution in [0.1, 0.15) is 38.1 Å². The third kappa shape index (κ3) is 2.85. The lowest BCUT2D eigenvalue weighted by atomic mass is 10.1. The lowest BCUT2D eigenvalue weighted by Gasteiger charge is -2.24. The van der Waals surface area contributed by atoms with E-state index in [1.54, 1.807) is 24.7 Å². The largest absolute Gasteiger partial charge is 0.369 e. The molecular weight excluding hydrogens is 218 g/mol. The second-order valence-corrected chi connectivity index (χ2v) is 4.72. The van der Waals surface area contributed by atoms with Crippen molar-refractivity contribution in [3.8, 4) is 0 Å². The molecular formula is C12H21N3O2. The Morgan fingerprint density at radius 3 is 2.59 bits per heavy atom. The second kappa shape index (κ2) is 4.87. The standard InChI is InChI=1S/C12H21N3O2/c1-8(10-7-13-15(5)9(10)2)14-11(16)12(3,4)17-6/h7-8H,1-6H3,(H,14,16). The van der Waals surface area contributed by atoms with E-state index in [2.05, 4.69) is 10.4 Å². The van der Waals surface area contributed by atoms with Crippen LogP contribution in [0, 0.1) is 6.92 Å². The van der Waals surface area contributed by atoms with E-state index >= 15 is 0 Å². The summed E-state index contributed by atoms with van der Waals surface area (Å²) in [5.41, 5.74) is 1.26. The smallest absolute Gasteiger partial charge is 0.252 e. The number of amides is 1. The number of aryl methyl sites for hydroxylation is 1. The number of hydrogen-bond donors (Lipinski definition) is 1. The Hall–Kier alpha value is -1.36. The van der Waals surface area contributed by atoms with Crippen molar-refractivity contribution in [2.24, 2.45) is 7.05 Å². The fraction of sp³-hybridized carbons (Fsp3) is 0.667. The summed E-state index contributed by atoms with van der Waals surface area (Å²) in [6.07, 6.45) is 1.78. The highest BCUT2D eigenvalue weighted by atomic mass is 16.5. The first-order valence-corrected chi connectivity index (χ1v) is 5.64. The van der Waals surface area contributed by atoms with Gasteiger partial charge >= 0.3 is 0 Å². The van der Waals surface area contributed by atoms with Gasteiger partial charge in [0.1, 0.15) is 5.60 Å². The molecule has 1 aromatic heterocycles. The number of methoxy groups -OCH3 is 1. The number of ether oxygens (including phenoxy) is 1. The zero-order valence-electron chi connectivity index (χ0n) is 11.4. The Bertz CT molecular complexity index is 410. The Balaban J connectivity index is 2.77. The molecule has 1 rings (SSSR count). The molecule has 0 aromatic carbocycles. The summed E-state index contributed by atoms with van der Waals surface area (Å²) in [6.45, 7) is 7.40. The van der Waals surface area contributed by atoms with Gasteiger partial charge in [0.2, 0.25) is 0 Å². The van der Waals surface area contributed by atoms with Crippen molar-refractivity contribution in [3.05, 3.63) is 17.5 Å². The average Bonchev–Trinajstić information content (AvgIpc) is 2.59. The number of rotatable bonds is 4. The summed E-state index contributed by atoms with van der Waals surface area (Å²) in [5, 5.41) is 7.09. The summed E-state index contributed by atoms with van der Waals surface area (Å²) < 4.78 is 6.93. The lowest BCUT2D eigenvalue weighted by Crippen LogP contribution is -2.44. The Labute approximate surface area is 102 Å². The second-order valence-electron chi connectivity index (χ2n) is 4.72. The van der Waals surface area contributed by atoms with Gasteiger partial charge in [-0.3, -0.25) is 9.48 Å². The maximum atomic E-state index is 11.9. The predicted octanol–water partition coefficient (Wildman–Crippen LogP) is 1.33. The molecule has 1 unspecified atom stereocenters. The third-order valence-electron chi connectivity index (χ3n) is 3.14. The Morgan fingerprint density at radius 2 is 2.18 bits per heavy atom. The SMILES string of the molecule is COC(C)(C)C(=O)NC(C)c1cnn(C)c1C. The number of hydrogen-bond acceptors (Lipinski definition) is 3. The number of carbonyl (C=O) groups is 1. The maximum absolute atomic E-state index is 11.9. The zero-order chi connectivity index (χ0) is 13.2. The quantitative estimate of drug-likeness (QED) is 0.862. The molecule has 0 spiro atoms. The van der Waals surface area contributed by atoms with Crippen molar-refractivity contribution in [1.82, 2.24) is 15.1 Å². The fourth-order valence-electron chi connectivity index (χ4n) is 1.48. The minimum atomic E-state index is -0.815. The highest BCUT2D eigenvalue weighted by Gasteiger charge is 2.28. The molecule has 96 valence electrons. The van der Waals surface area contributed by atoms with Crippen molar-refractivity contribution < 1.29 is 9.53 Å². The Kier molecular flexibility index (Phi) is 3.93. The molecule has 17 heavy (non-hydrogen) atoms. The molecule has 1 aromatic rings. The van der Waals surface area contributed by atoms with E-state index in [-0.39, 0.29) is 11.9 Å². The predicted molar refractivity (Wildman–Crippen MR) is 65.6 cm³/mol. The Morgan fingerprint density at radius 1 is 1.59 bits per heavy atom. The van der Waals surface area contributed by atoms with E-state index in [9.17, 15) is 4.79 Å². The van der Waals surface area contributed by atoms with E-state index in [0.29, 0.717) is 0 Å². The van der Waals surface area contributed by atoms with Crippen molar-refractivity contribution in [2.45, 2.75) is 39.3 Å². The van der Waals surface area contributed by atoms with E-state index < -0.39 is 5.60 Å². The molecule has 0 aliphatic carbocycles. The van der Waals surface area contributed by atoms with Crippen LogP contribution in [0.3, 0.4) is 0 Å². The first-order valence-electron chi connectivity index (χ1n) is 5.64. The molecule has 0 fully saturated rings. The van der Waals surface area contributed by atoms with Gasteiger partial charge in [0, 0.05) is 25.4 Å². The molecule has 5 heteroatoms. The highest BCUT2D eigenvalue weighted by molar-refractivity contribution is 5.84. The van der Waals surface area contributed by atoms with Gasteiger partial charge in [-0.15, -0.1) is 0 Å². The van der Waals surface area contributed by atoms with Crippen LogP contribution in [-0.4, -0.2) is 28.4 Å². The van der Waals surface area contributed by atoms with E-state index in [1.807, 2.05) is 20.9 Å². The molecule has 1 heterocycles. The van der Waals surface area contributed by atoms with Crippen LogP contribution < -0.4 is 5.32 Å². The van der Waals surface area contributed by atoms with Crippen LogP contribution in [0.4, 0.5) is 0 Å². The average molecular weight is 239 g/mol. The third-order valence-corrected chi connectivity index (χ3v) is 3.14. The first-order chi connectivity index (χ1) is 7.79. The normalized spacial score (nSPS) is 13.5. The highest BCUT2D eigenvalue weighted by Crippen LogP contribution is 2.17. The van der Waals surface area contributed by atoms with Crippen molar-refractivity contribution in [3.63, 3.8) is 0 Å². The monoisotopic (exact) mass is 239 g/mol. The lowest BCUT2D eigenvalue weighted by molar-refractivity contribution is -0.140. The van der Waals surface area contributed by atoms with Gasteiger partial charge in [-0.1, -0.05) is 0 Å². The number of nitrogens with zero attached hydrogens (tertiary/aromatic N) is 2. The van der Waals surface area contributed by atoms with Gasteiger partial charge in [-0.2, -0.15) is 5.10 Å². The summed E-state index contributed by atoms with van der Waals surface area (Å²) in [4.78, 5) is 11.9. The first kappa shape index (κ1) is 13.7. The summed E-state index contributed by atoms with van der Waals surface area (Å²) >= 11 is 0. The van der Waals surface area contributed by atoms with E-state index in [1.165, 1.54) is 7.11 Å². The number of nitrogens with one attached hydrogen (secondary N) is 1. The molecule has 5 nitrogen and oxygen atoms in total. The fourth-order valence-corrected chi connectivity index (χ4v) is 1.48. The molecule has 0 radical (unpaired) electrons. The van der Waals surface area contributed by atoms with Crippen LogP contribution in [0.2, 0.25) is 0 Å². The molecule has 0 bridgehead atoms. The molecule has 1 N–H and O–H groups in total. The van der Waals surface area contributed by atoms with Crippen LogP contribution in [0.25, 0.3) is 0 Å². The minimum absolute atomic E-state index is 0.0781. The molecule has 0 aliphatic heterocycles. The van der Waals surface area contributed by atoms with Gasteiger partial charge < -0.3 is 10.1 Å². The van der Waals surface area contributed by atoms with E-state index in [0.717, 1.165) is 11.3 Å². The van der Waals surface area contributed by atoms with Crippen LogP contribution in [-0.2, 0) is 16.6 Å². The molecule has 0 saturated carbocycles.